The lowest BCUT2D eigenvalue weighted by Crippen LogP contribution is -2.42. The van der Waals surface area contributed by atoms with Crippen LogP contribution in [-0.2, 0) is 10.8 Å². The van der Waals surface area contributed by atoms with Crippen molar-refractivity contribution in [3.05, 3.63) is 0 Å². The lowest BCUT2D eigenvalue weighted by molar-refractivity contribution is 0.148. The van der Waals surface area contributed by atoms with Crippen molar-refractivity contribution in [1.82, 2.24) is 15.5 Å². The number of piperidine rings is 1. The molecule has 0 radical (unpaired) electrons. The lowest BCUT2D eigenvalue weighted by Gasteiger charge is -2.34. The number of nitrogens with zero attached hydrogens (tertiary/aromatic N) is 2. The fourth-order valence-electron chi connectivity index (χ4n) is 3.02. The maximum absolute atomic E-state index is 12.1. The number of aliphatic imine (C=N–C) groups is 1. The molecule has 1 saturated heterocycles. The van der Waals surface area contributed by atoms with E-state index in [4.69, 9.17) is 0 Å². The Morgan fingerprint density at radius 2 is 2.00 bits per heavy atom. The third-order valence-electron chi connectivity index (χ3n) is 4.48. The van der Waals surface area contributed by atoms with Crippen LogP contribution >= 0.6 is 0 Å². The van der Waals surface area contributed by atoms with E-state index in [9.17, 15) is 4.21 Å². The van der Waals surface area contributed by atoms with Gasteiger partial charge in [-0.2, -0.15) is 0 Å². The Bertz CT molecular complexity index is 406. The van der Waals surface area contributed by atoms with Crippen LogP contribution in [0.4, 0.5) is 0 Å². The Morgan fingerprint density at radius 3 is 2.62 bits per heavy atom. The van der Waals surface area contributed by atoms with Gasteiger partial charge in [-0.15, -0.1) is 0 Å². The summed E-state index contributed by atoms with van der Waals surface area (Å²) in [4.78, 5) is 7.28. The van der Waals surface area contributed by atoms with Gasteiger partial charge in [0.25, 0.3) is 0 Å². The summed E-state index contributed by atoms with van der Waals surface area (Å²) in [6, 6.07) is 0.735. The molecule has 1 aliphatic rings. The maximum atomic E-state index is 12.1. The summed E-state index contributed by atoms with van der Waals surface area (Å²) in [6.07, 6.45) is 5.25. The first-order chi connectivity index (χ1) is 11.4. The van der Waals surface area contributed by atoms with Gasteiger partial charge in [-0.1, -0.05) is 13.3 Å². The van der Waals surface area contributed by atoms with Crippen LogP contribution in [0.3, 0.4) is 0 Å². The molecular weight excluding hydrogens is 320 g/mol. The predicted octanol–water partition coefficient (Wildman–Crippen LogP) is 2.35. The van der Waals surface area contributed by atoms with Gasteiger partial charge in [-0.25, -0.2) is 0 Å². The molecule has 0 amide bonds. The zero-order valence-electron chi connectivity index (χ0n) is 16.4. The maximum Gasteiger partial charge on any atom is 0.191 e. The first-order valence-corrected chi connectivity index (χ1v) is 10.8. The van der Waals surface area contributed by atoms with Crippen LogP contribution in [0.25, 0.3) is 0 Å². The van der Waals surface area contributed by atoms with Gasteiger partial charge in [-0.3, -0.25) is 14.1 Å². The van der Waals surface area contributed by atoms with Gasteiger partial charge in [0, 0.05) is 47.0 Å². The van der Waals surface area contributed by atoms with E-state index in [1.807, 2.05) is 20.8 Å². The molecule has 5 nitrogen and oxygen atoms in total. The van der Waals surface area contributed by atoms with Crippen molar-refractivity contribution in [2.45, 2.75) is 71.1 Å². The monoisotopic (exact) mass is 358 g/mol. The highest BCUT2D eigenvalue weighted by molar-refractivity contribution is 7.86. The molecule has 0 bridgehead atoms. The average molecular weight is 359 g/mol. The van der Waals surface area contributed by atoms with Crippen LogP contribution in [0, 0.1) is 0 Å². The third-order valence-corrected chi connectivity index (χ3v) is 6.43. The van der Waals surface area contributed by atoms with Crippen LogP contribution in [0.15, 0.2) is 4.99 Å². The van der Waals surface area contributed by atoms with E-state index in [0.717, 1.165) is 31.6 Å². The minimum atomic E-state index is -0.827. The fourth-order valence-corrected chi connectivity index (χ4v) is 3.92. The van der Waals surface area contributed by atoms with Crippen molar-refractivity contribution < 1.29 is 4.21 Å². The van der Waals surface area contributed by atoms with Crippen LogP contribution in [0.1, 0.15) is 60.3 Å². The molecule has 1 heterocycles. The molecule has 0 aromatic carbocycles. The van der Waals surface area contributed by atoms with Gasteiger partial charge in [0.15, 0.2) is 5.96 Å². The Balaban J connectivity index is 2.40. The predicted molar refractivity (Wildman–Crippen MR) is 106 cm³/mol. The first-order valence-electron chi connectivity index (χ1n) is 9.53. The minimum absolute atomic E-state index is 0.152. The smallest absolute Gasteiger partial charge is 0.191 e. The molecule has 1 rings (SSSR count). The topological polar surface area (TPSA) is 56.7 Å². The molecule has 24 heavy (non-hydrogen) atoms. The number of nitrogens with one attached hydrogen (secondary N) is 2. The highest BCUT2D eigenvalue weighted by atomic mass is 32.2. The molecule has 1 fully saturated rings. The fraction of sp³-hybridized carbons (Fsp3) is 0.944. The molecule has 0 saturated carbocycles. The highest BCUT2D eigenvalue weighted by Gasteiger charge is 2.20. The second kappa shape index (κ2) is 11.1. The molecule has 0 aromatic heterocycles. The van der Waals surface area contributed by atoms with Crippen LogP contribution in [-0.4, -0.2) is 64.3 Å². The summed E-state index contributed by atoms with van der Waals surface area (Å²) in [7, 11) is -0.827. The summed E-state index contributed by atoms with van der Waals surface area (Å²) in [5.74, 6) is 1.49. The molecule has 2 atom stereocenters. The molecular formula is C18H38N4OS. The molecule has 2 N–H and O–H groups in total. The highest BCUT2D eigenvalue weighted by Crippen LogP contribution is 2.18. The number of rotatable bonds is 8. The van der Waals surface area contributed by atoms with E-state index >= 15 is 0 Å². The Labute approximate surface area is 151 Å². The summed E-state index contributed by atoms with van der Waals surface area (Å²) in [6.45, 7) is 15.0. The largest absolute Gasteiger partial charge is 0.357 e. The SMILES string of the molecule is CCNC(=NCCN1CCCCC1CC)NCCS(=O)C(C)(C)C. The van der Waals surface area contributed by atoms with E-state index in [1.165, 1.54) is 32.2 Å². The third kappa shape index (κ3) is 7.97. The van der Waals surface area contributed by atoms with Crippen LogP contribution in [0.2, 0.25) is 0 Å². The molecule has 2 unspecified atom stereocenters. The summed E-state index contributed by atoms with van der Waals surface area (Å²) >= 11 is 0. The van der Waals surface area contributed by atoms with Gasteiger partial charge in [0.1, 0.15) is 0 Å². The van der Waals surface area contributed by atoms with Gasteiger partial charge in [-0.05, 0) is 53.5 Å². The van der Waals surface area contributed by atoms with Crippen molar-refractivity contribution in [2.24, 2.45) is 4.99 Å². The molecule has 6 heteroatoms. The quantitative estimate of drug-likeness (QED) is 0.517. The number of hydrogen-bond acceptors (Lipinski definition) is 3. The summed E-state index contributed by atoms with van der Waals surface area (Å²) in [5, 5.41) is 6.59. The minimum Gasteiger partial charge on any atom is -0.357 e. The second-order valence-electron chi connectivity index (χ2n) is 7.44. The van der Waals surface area contributed by atoms with E-state index in [0.29, 0.717) is 12.3 Å². The Kier molecular flexibility index (Phi) is 9.89. The number of guanidine groups is 1. The van der Waals surface area contributed by atoms with Crippen molar-refractivity contribution in [1.29, 1.82) is 0 Å². The van der Waals surface area contributed by atoms with Crippen LogP contribution in [0.5, 0.6) is 0 Å². The molecule has 0 aromatic rings. The number of hydrogen-bond donors (Lipinski definition) is 2. The summed E-state index contributed by atoms with van der Waals surface area (Å²) < 4.78 is 11.9. The van der Waals surface area contributed by atoms with Gasteiger partial charge in [0.2, 0.25) is 0 Å². The van der Waals surface area contributed by atoms with Crippen molar-refractivity contribution in [3.63, 3.8) is 0 Å². The molecule has 0 spiro atoms. The van der Waals surface area contributed by atoms with Crippen molar-refractivity contribution in [2.75, 3.05) is 38.5 Å². The first kappa shape index (κ1) is 21.4. The normalized spacial score (nSPS) is 21.5. The van der Waals surface area contributed by atoms with Crippen molar-refractivity contribution in [3.8, 4) is 0 Å². The van der Waals surface area contributed by atoms with Gasteiger partial charge < -0.3 is 10.6 Å². The number of likely N-dealkylation sites (tertiary alicyclic amines) is 1. The Morgan fingerprint density at radius 1 is 1.25 bits per heavy atom. The molecule has 142 valence electrons. The zero-order valence-corrected chi connectivity index (χ0v) is 17.2. The van der Waals surface area contributed by atoms with E-state index in [-0.39, 0.29) is 4.75 Å². The standard InChI is InChI=1S/C18H38N4OS/c1-6-16-10-8-9-13-22(16)14-11-20-17(19-7-2)21-12-15-24(23)18(3,4)5/h16H,6-15H2,1-5H3,(H2,19,20,21). The van der Waals surface area contributed by atoms with E-state index in [2.05, 4.69) is 34.4 Å². The molecule has 1 aliphatic heterocycles. The van der Waals surface area contributed by atoms with Gasteiger partial charge in [0.05, 0.1) is 6.54 Å². The van der Waals surface area contributed by atoms with Crippen molar-refractivity contribution >= 4 is 16.8 Å². The van der Waals surface area contributed by atoms with Crippen LogP contribution < -0.4 is 10.6 Å². The lowest BCUT2D eigenvalue weighted by atomic mass is 10.0. The van der Waals surface area contributed by atoms with Gasteiger partial charge >= 0.3 is 0 Å². The van der Waals surface area contributed by atoms with E-state index in [1.54, 1.807) is 0 Å². The Hall–Kier alpha value is -0.620. The summed E-state index contributed by atoms with van der Waals surface area (Å²) in [5.41, 5.74) is 0. The zero-order chi connectivity index (χ0) is 18.0. The average Bonchev–Trinajstić information content (AvgIpc) is 2.54. The molecule has 0 aliphatic carbocycles. The second-order valence-corrected chi connectivity index (χ2v) is 9.77. The van der Waals surface area contributed by atoms with E-state index < -0.39 is 10.8 Å².